The highest BCUT2D eigenvalue weighted by Crippen LogP contribution is 2.23. The second kappa shape index (κ2) is 5.18. The van der Waals surface area contributed by atoms with Crippen LogP contribution in [-0.4, -0.2) is 23.9 Å². The van der Waals surface area contributed by atoms with Crippen LogP contribution in [0, 0.1) is 11.8 Å². The highest BCUT2D eigenvalue weighted by Gasteiger charge is 2.23. The maximum absolute atomic E-state index is 11.6. The molecule has 14 heavy (non-hydrogen) atoms. The van der Waals surface area contributed by atoms with Gasteiger partial charge in [-0.2, -0.15) is 0 Å². The van der Waals surface area contributed by atoms with Crippen LogP contribution in [0.2, 0.25) is 0 Å². The fraction of sp³-hybridized carbons (Fsp3) is 0.750. The van der Waals surface area contributed by atoms with Crippen molar-refractivity contribution >= 4 is 5.91 Å². The number of nitrogens with zero attached hydrogens (tertiary/aromatic N) is 1. The molecule has 1 aliphatic heterocycles. The quantitative estimate of drug-likeness (QED) is 0.620. The fourth-order valence-corrected chi connectivity index (χ4v) is 2.00. The zero-order valence-electron chi connectivity index (χ0n) is 9.49. The van der Waals surface area contributed by atoms with E-state index in [1.54, 1.807) is 6.08 Å². The highest BCUT2D eigenvalue weighted by atomic mass is 16.2. The number of allylic oxidation sites excluding steroid dienone is 1. The number of rotatable bonds is 2. The molecule has 1 heterocycles. The predicted molar refractivity (Wildman–Crippen MR) is 59.0 cm³/mol. The van der Waals surface area contributed by atoms with Gasteiger partial charge in [0.25, 0.3) is 0 Å². The molecule has 0 bridgehead atoms. The van der Waals surface area contributed by atoms with Gasteiger partial charge in [0, 0.05) is 13.1 Å². The van der Waals surface area contributed by atoms with Crippen molar-refractivity contribution in [2.24, 2.45) is 11.8 Å². The Morgan fingerprint density at radius 3 is 2.79 bits per heavy atom. The molecule has 1 aliphatic rings. The molecule has 1 rings (SSSR count). The Bertz CT molecular complexity index is 220. The summed E-state index contributed by atoms with van der Waals surface area (Å²) in [5, 5.41) is 0. The topological polar surface area (TPSA) is 20.3 Å². The van der Waals surface area contributed by atoms with Crippen molar-refractivity contribution in [3.8, 4) is 0 Å². The molecule has 0 radical (unpaired) electrons. The molecule has 1 atom stereocenters. The first-order chi connectivity index (χ1) is 6.65. The maximum atomic E-state index is 11.6. The minimum absolute atomic E-state index is 0.179. The Balaban J connectivity index is 2.51. The molecule has 80 valence electrons. The lowest BCUT2D eigenvalue weighted by atomic mass is 9.88. The normalized spacial score (nSPS) is 23.4. The van der Waals surface area contributed by atoms with Gasteiger partial charge >= 0.3 is 0 Å². The molecule has 0 aliphatic carbocycles. The van der Waals surface area contributed by atoms with Gasteiger partial charge in [-0.1, -0.05) is 19.9 Å². The zero-order valence-corrected chi connectivity index (χ0v) is 9.49. The first-order valence-corrected chi connectivity index (χ1v) is 5.56. The Hall–Kier alpha value is -0.790. The molecule has 0 spiro atoms. The van der Waals surface area contributed by atoms with Gasteiger partial charge in [0.15, 0.2) is 0 Å². The molecule has 1 saturated heterocycles. The summed E-state index contributed by atoms with van der Waals surface area (Å²) in [4.78, 5) is 13.6. The van der Waals surface area contributed by atoms with E-state index >= 15 is 0 Å². The average Bonchev–Trinajstić information content (AvgIpc) is 2.18. The lowest BCUT2D eigenvalue weighted by molar-refractivity contribution is -0.128. The number of carbonyl (C=O) groups is 1. The number of likely N-dealkylation sites (tertiary alicyclic amines) is 1. The third kappa shape index (κ3) is 2.86. The maximum Gasteiger partial charge on any atom is 0.246 e. The van der Waals surface area contributed by atoms with Crippen molar-refractivity contribution in [3.63, 3.8) is 0 Å². The number of piperidine rings is 1. The van der Waals surface area contributed by atoms with Crippen LogP contribution in [0.3, 0.4) is 0 Å². The van der Waals surface area contributed by atoms with Crippen LogP contribution in [0.4, 0.5) is 0 Å². The van der Waals surface area contributed by atoms with E-state index in [-0.39, 0.29) is 5.91 Å². The second-order valence-corrected chi connectivity index (χ2v) is 4.43. The summed E-state index contributed by atoms with van der Waals surface area (Å²) in [5.41, 5.74) is 0. The van der Waals surface area contributed by atoms with Gasteiger partial charge in [-0.05, 0) is 37.7 Å². The summed E-state index contributed by atoms with van der Waals surface area (Å²) in [6, 6.07) is 0. The third-order valence-electron chi connectivity index (χ3n) is 3.02. The van der Waals surface area contributed by atoms with E-state index < -0.39 is 0 Å². The summed E-state index contributed by atoms with van der Waals surface area (Å²) in [6.45, 7) is 8.26. The van der Waals surface area contributed by atoms with Crippen LogP contribution in [-0.2, 0) is 4.79 Å². The van der Waals surface area contributed by atoms with E-state index in [2.05, 4.69) is 13.8 Å². The Morgan fingerprint density at radius 2 is 2.21 bits per heavy atom. The van der Waals surface area contributed by atoms with Crippen molar-refractivity contribution in [2.75, 3.05) is 13.1 Å². The number of hydrogen-bond acceptors (Lipinski definition) is 1. The largest absolute Gasteiger partial charge is 0.339 e. The van der Waals surface area contributed by atoms with Gasteiger partial charge in [-0.3, -0.25) is 4.79 Å². The molecule has 0 unspecified atom stereocenters. The molecule has 1 amide bonds. The molecular formula is C12H21NO. The van der Waals surface area contributed by atoms with Crippen LogP contribution < -0.4 is 0 Å². The van der Waals surface area contributed by atoms with Crippen LogP contribution in [0.5, 0.6) is 0 Å². The average molecular weight is 195 g/mol. The zero-order chi connectivity index (χ0) is 10.6. The first kappa shape index (κ1) is 11.3. The molecule has 0 aromatic rings. The molecular weight excluding hydrogens is 174 g/mol. The summed E-state index contributed by atoms with van der Waals surface area (Å²) >= 11 is 0. The smallest absolute Gasteiger partial charge is 0.246 e. The summed E-state index contributed by atoms with van der Waals surface area (Å²) < 4.78 is 0. The van der Waals surface area contributed by atoms with E-state index in [1.165, 1.54) is 6.42 Å². The van der Waals surface area contributed by atoms with E-state index in [1.807, 2.05) is 17.9 Å². The van der Waals surface area contributed by atoms with Crippen molar-refractivity contribution < 1.29 is 4.79 Å². The monoisotopic (exact) mass is 195 g/mol. The van der Waals surface area contributed by atoms with Crippen LogP contribution >= 0.6 is 0 Å². The summed E-state index contributed by atoms with van der Waals surface area (Å²) in [6.07, 6.45) is 5.92. The Morgan fingerprint density at radius 1 is 1.50 bits per heavy atom. The first-order valence-electron chi connectivity index (χ1n) is 5.56. The highest BCUT2D eigenvalue weighted by molar-refractivity contribution is 5.87. The van der Waals surface area contributed by atoms with E-state index in [9.17, 15) is 4.79 Å². The Kier molecular flexibility index (Phi) is 4.18. The number of hydrogen-bond donors (Lipinski definition) is 0. The third-order valence-corrected chi connectivity index (χ3v) is 3.02. The van der Waals surface area contributed by atoms with E-state index in [0.29, 0.717) is 11.8 Å². The van der Waals surface area contributed by atoms with Crippen molar-refractivity contribution in [2.45, 2.75) is 33.6 Å². The molecule has 0 aromatic carbocycles. The number of amides is 1. The van der Waals surface area contributed by atoms with Gasteiger partial charge in [-0.15, -0.1) is 0 Å². The van der Waals surface area contributed by atoms with Crippen LogP contribution in [0.1, 0.15) is 33.6 Å². The summed E-state index contributed by atoms with van der Waals surface area (Å²) in [7, 11) is 0. The molecule has 0 aromatic heterocycles. The van der Waals surface area contributed by atoms with E-state index in [0.717, 1.165) is 19.5 Å². The van der Waals surface area contributed by atoms with Crippen LogP contribution in [0.15, 0.2) is 12.2 Å². The van der Waals surface area contributed by atoms with Crippen molar-refractivity contribution in [1.29, 1.82) is 0 Å². The van der Waals surface area contributed by atoms with Gasteiger partial charge in [-0.25, -0.2) is 0 Å². The van der Waals surface area contributed by atoms with Gasteiger partial charge in [0.2, 0.25) is 5.91 Å². The standard InChI is InChI=1S/C12H21NO/c1-4-6-12(14)13-8-5-7-11(9-13)10(2)3/h4,6,10-11H,5,7-9H2,1-3H3/b6-4+/t11-/m1/s1. The van der Waals surface area contributed by atoms with Crippen LogP contribution in [0.25, 0.3) is 0 Å². The van der Waals surface area contributed by atoms with E-state index in [4.69, 9.17) is 0 Å². The second-order valence-electron chi connectivity index (χ2n) is 4.43. The van der Waals surface area contributed by atoms with Gasteiger partial charge in [0.1, 0.15) is 0 Å². The lowest BCUT2D eigenvalue weighted by Crippen LogP contribution is -2.40. The lowest BCUT2D eigenvalue weighted by Gasteiger charge is -2.34. The minimum atomic E-state index is 0.179. The fourth-order valence-electron chi connectivity index (χ4n) is 2.00. The molecule has 2 nitrogen and oxygen atoms in total. The molecule has 0 N–H and O–H groups in total. The summed E-state index contributed by atoms with van der Waals surface area (Å²) in [5.74, 6) is 1.56. The van der Waals surface area contributed by atoms with Crippen molar-refractivity contribution in [3.05, 3.63) is 12.2 Å². The molecule has 0 saturated carbocycles. The predicted octanol–water partition coefficient (Wildman–Crippen LogP) is 2.46. The van der Waals surface area contributed by atoms with Gasteiger partial charge in [0.05, 0.1) is 0 Å². The SMILES string of the molecule is C/C=C/C(=O)N1CCC[C@@H](C(C)C)C1. The number of carbonyl (C=O) groups excluding carboxylic acids is 1. The molecule has 2 heteroatoms. The van der Waals surface area contributed by atoms with Crippen molar-refractivity contribution in [1.82, 2.24) is 4.90 Å². The van der Waals surface area contributed by atoms with Gasteiger partial charge < -0.3 is 4.90 Å². The minimum Gasteiger partial charge on any atom is -0.339 e. The molecule has 1 fully saturated rings. The Labute approximate surface area is 87.0 Å².